The Balaban J connectivity index is 1.78. The van der Waals surface area contributed by atoms with Gasteiger partial charge in [0.1, 0.15) is 12.2 Å². The van der Waals surface area contributed by atoms with E-state index >= 15 is 0 Å². The number of hydrogen-bond acceptors (Lipinski definition) is 4. The number of rotatable bonds is 7. The number of hydrogen-bond donors (Lipinski definition) is 2. The van der Waals surface area contributed by atoms with E-state index in [1.54, 1.807) is 0 Å². The van der Waals surface area contributed by atoms with Crippen LogP contribution in [0, 0.1) is 0 Å². The first-order valence-corrected chi connectivity index (χ1v) is 7.70. The highest BCUT2D eigenvalue weighted by Crippen LogP contribution is 2.32. The monoisotopic (exact) mass is 294 g/mol. The molecule has 0 amide bonds. The van der Waals surface area contributed by atoms with Gasteiger partial charge in [-0.25, -0.2) is 0 Å². The third-order valence-corrected chi connectivity index (χ3v) is 3.83. The lowest BCUT2D eigenvalue weighted by Crippen LogP contribution is -2.37. The van der Waals surface area contributed by atoms with Gasteiger partial charge >= 0.3 is 0 Å². The highest BCUT2D eigenvalue weighted by atomic mass is 16.8. The van der Waals surface area contributed by atoms with Crippen LogP contribution >= 0.6 is 0 Å². The van der Waals surface area contributed by atoms with E-state index in [0.29, 0.717) is 0 Å². The number of aliphatic hydroxyl groups excluding tert-OH is 2. The molecule has 1 aliphatic heterocycles. The van der Waals surface area contributed by atoms with Crippen molar-refractivity contribution in [2.75, 3.05) is 6.61 Å². The van der Waals surface area contributed by atoms with Gasteiger partial charge in [0, 0.05) is 0 Å². The summed E-state index contributed by atoms with van der Waals surface area (Å²) < 4.78 is 11.5. The van der Waals surface area contributed by atoms with E-state index < -0.39 is 18.0 Å². The first kappa shape index (κ1) is 16.4. The summed E-state index contributed by atoms with van der Waals surface area (Å²) in [5.74, 6) is -0.690. The molecule has 1 saturated heterocycles. The second-order valence-corrected chi connectivity index (χ2v) is 6.12. The number of benzene rings is 1. The van der Waals surface area contributed by atoms with Crippen molar-refractivity contribution >= 4 is 0 Å². The van der Waals surface area contributed by atoms with Crippen LogP contribution in [0.4, 0.5) is 0 Å². The Morgan fingerprint density at radius 2 is 1.86 bits per heavy atom. The Bertz CT molecular complexity index is 418. The summed E-state index contributed by atoms with van der Waals surface area (Å²) in [6.45, 7) is 3.38. The van der Waals surface area contributed by atoms with Crippen molar-refractivity contribution in [1.29, 1.82) is 0 Å². The van der Waals surface area contributed by atoms with E-state index in [1.165, 1.54) is 5.56 Å². The van der Waals surface area contributed by atoms with Crippen molar-refractivity contribution in [2.24, 2.45) is 0 Å². The molecule has 1 heterocycles. The summed E-state index contributed by atoms with van der Waals surface area (Å²) in [7, 11) is 0. The van der Waals surface area contributed by atoms with Crippen LogP contribution < -0.4 is 0 Å². The van der Waals surface area contributed by atoms with Crippen molar-refractivity contribution in [1.82, 2.24) is 0 Å². The lowest BCUT2D eigenvalue weighted by atomic mass is 10.0. The summed E-state index contributed by atoms with van der Waals surface area (Å²) in [6.07, 6.45) is 2.48. The van der Waals surface area contributed by atoms with Gasteiger partial charge in [-0.2, -0.15) is 0 Å². The molecule has 1 aliphatic rings. The van der Waals surface area contributed by atoms with Crippen LogP contribution in [0.3, 0.4) is 0 Å². The molecule has 0 spiro atoms. The summed E-state index contributed by atoms with van der Waals surface area (Å²) in [6, 6.07) is 10.4. The lowest BCUT2D eigenvalue weighted by molar-refractivity contribution is -0.157. The zero-order valence-corrected chi connectivity index (χ0v) is 12.9. The van der Waals surface area contributed by atoms with Crippen molar-refractivity contribution < 1.29 is 19.7 Å². The zero-order valence-electron chi connectivity index (χ0n) is 12.9. The van der Waals surface area contributed by atoms with Crippen molar-refractivity contribution in [3.63, 3.8) is 0 Å². The molecule has 4 heteroatoms. The average molecular weight is 294 g/mol. The summed E-state index contributed by atoms with van der Waals surface area (Å²) >= 11 is 0. The maximum absolute atomic E-state index is 9.84. The maximum Gasteiger partial charge on any atom is 0.163 e. The van der Waals surface area contributed by atoms with E-state index in [4.69, 9.17) is 14.6 Å². The molecule has 3 atom stereocenters. The Labute approximate surface area is 126 Å². The van der Waals surface area contributed by atoms with E-state index in [-0.39, 0.29) is 12.7 Å². The molecular weight excluding hydrogens is 268 g/mol. The fourth-order valence-electron chi connectivity index (χ4n) is 2.84. The van der Waals surface area contributed by atoms with E-state index in [0.717, 1.165) is 25.7 Å². The van der Waals surface area contributed by atoms with Gasteiger partial charge in [0.2, 0.25) is 0 Å². The Hall–Kier alpha value is -0.940. The van der Waals surface area contributed by atoms with E-state index in [2.05, 4.69) is 24.3 Å². The summed E-state index contributed by atoms with van der Waals surface area (Å²) in [5.41, 5.74) is 1.34. The molecule has 0 unspecified atom stereocenters. The molecule has 4 nitrogen and oxygen atoms in total. The number of aryl methyl sites for hydroxylation is 1. The summed E-state index contributed by atoms with van der Waals surface area (Å²) in [4.78, 5) is 0. The van der Waals surface area contributed by atoms with Gasteiger partial charge in [-0.05, 0) is 38.7 Å². The number of aliphatic hydroxyl groups is 2. The fourth-order valence-corrected chi connectivity index (χ4v) is 2.84. The van der Waals surface area contributed by atoms with Gasteiger partial charge in [-0.3, -0.25) is 0 Å². The van der Waals surface area contributed by atoms with Crippen LogP contribution in [0.5, 0.6) is 0 Å². The standard InChI is InChI=1S/C17H26O4/c1-17(2)20-15(16(21-17)14(19)12-18)11-7-6-10-13-8-4-3-5-9-13/h3-5,8-9,14-16,18-19H,6-7,10-12H2,1-2H3/t14-,15+,16+/m0/s1. The highest BCUT2D eigenvalue weighted by molar-refractivity contribution is 5.14. The third-order valence-electron chi connectivity index (χ3n) is 3.83. The smallest absolute Gasteiger partial charge is 0.163 e. The first-order chi connectivity index (χ1) is 10.0. The second-order valence-electron chi connectivity index (χ2n) is 6.12. The number of ether oxygens (including phenoxy) is 2. The van der Waals surface area contributed by atoms with Gasteiger partial charge in [0.05, 0.1) is 12.7 Å². The fraction of sp³-hybridized carbons (Fsp3) is 0.647. The lowest BCUT2D eigenvalue weighted by Gasteiger charge is -2.20. The van der Waals surface area contributed by atoms with Gasteiger partial charge in [0.25, 0.3) is 0 Å². The average Bonchev–Trinajstić information content (AvgIpc) is 2.79. The van der Waals surface area contributed by atoms with Crippen LogP contribution in [0.15, 0.2) is 30.3 Å². The Morgan fingerprint density at radius 1 is 1.14 bits per heavy atom. The highest BCUT2D eigenvalue weighted by Gasteiger charge is 2.43. The molecule has 1 fully saturated rings. The van der Waals surface area contributed by atoms with Crippen LogP contribution in [0.1, 0.15) is 38.7 Å². The summed E-state index contributed by atoms with van der Waals surface area (Å²) in [5, 5.41) is 19.0. The van der Waals surface area contributed by atoms with Crippen LogP contribution in [0.25, 0.3) is 0 Å². The molecule has 1 aromatic rings. The van der Waals surface area contributed by atoms with Crippen molar-refractivity contribution in [3.05, 3.63) is 35.9 Å². The SMILES string of the molecule is CC1(C)O[C@H]([C@@H](O)CO)[C@@H](CCCCc2ccccc2)O1. The zero-order chi connectivity index (χ0) is 15.3. The molecule has 0 bridgehead atoms. The van der Waals surface area contributed by atoms with E-state index in [9.17, 15) is 5.11 Å². The number of unbranched alkanes of at least 4 members (excludes halogenated alkanes) is 1. The molecule has 118 valence electrons. The predicted molar refractivity (Wildman–Crippen MR) is 80.9 cm³/mol. The quantitative estimate of drug-likeness (QED) is 0.757. The Kier molecular flexibility index (Phi) is 5.76. The minimum Gasteiger partial charge on any atom is -0.394 e. The minimum absolute atomic E-state index is 0.155. The van der Waals surface area contributed by atoms with E-state index in [1.807, 2.05) is 19.9 Å². The molecule has 2 rings (SSSR count). The van der Waals surface area contributed by atoms with Gasteiger partial charge in [-0.1, -0.05) is 36.8 Å². The predicted octanol–water partition coefficient (Wildman–Crippen LogP) is 2.27. The van der Waals surface area contributed by atoms with Crippen LogP contribution in [-0.4, -0.2) is 40.9 Å². The third kappa shape index (κ3) is 4.78. The first-order valence-electron chi connectivity index (χ1n) is 7.70. The molecular formula is C17H26O4. The molecule has 0 radical (unpaired) electrons. The van der Waals surface area contributed by atoms with Gasteiger partial charge < -0.3 is 19.7 Å². The molecule has 0 aromatic heterocycles. The van der Waals surface area contributed by atoms with Crippen molar-refractivity contribution in [3.8, 4) is 0 Å². The molecule has 0 aliphatic carbocycles. The molecule has 1 aromatic carbocycles. The Morgan fingerprint density at radius 3 is 2.52 bits per heavy atom. The van der Waals surface area contributed by atoms with Gasteiger partial charge in [-0.15, -0.1) is 0 Å². The van der Waals surface area contributed by atoms with Crippen LogP contribution in [-0.2, 0) is 15.9 Å². The molecule has 2 N–H and O–H groups in total. The van der Waals surface area contributed by atoms with Gasteiger partial charge in [0.15, 0.2) is 5.79 Å². The van der Waals surface area contributed by atoms with Crippen LogP contribution in [0.2, 0.25) is 0 Å². The second kappa shape index (κ2) is 7.36. The topological polar surface area (TPSA) is 58.9 Å². The normalized spacial score (nSPS) is 25.9. The molecule has 0 saturated carbocycles. The van der Waals surface area contributed by atoms with Crippen molar-refractivity contribution in [2.45, 2.75) is 63.6 Å². The molecule has 21 heavy (non-hydrogen) atoms. The minimum atomic E-state index is -0.883. The maximum atomic E-state index is 9.84. The largest absolute Gasteiger partial charge is 0.394 e.